The van der Waals surface area contributed by atoms with Crippen LogP contribution in [0.1, 0.15) is 17.0 Å². The molecule has 4 nitrogen and oxygen atoms in total. The van der Waals surface area contributed by atoms with E-state index in [-0.39, 0.29) is 18.1 Å². The second-order valence-corrected chi connectivity index (χ2v) is 4.42. The van der Waals surface area contributed by atoms with Crippen LogP contribution in [0, 0.1) is 0 Å². The molecule has 1 unspecified atom stereocenters. The summed E-state index contributed by atoms with van der Waals surface area (Å²) in [5, 5.41) is 0. The first kappa shape index (κ1) is 13.2. The van der Waals surface area contributed by atoms with Crippen LogP contribution in [0.15, 0.2) is 48.8 Å². The molecule has 98 valence electrons. The van der Waals surface area contributed by atoms with Gasteiger partial charge >= 0.3 is 0 Å². The van der Waals surface area contributed by atoms with Crippen molar-refractivity contribution in [1.82, 2.24) is 4.98 Å². The van der Waals surface area contributed by atoms with E-state index in [1.807, 2.05) is 30.3 Å². The van der Waals surface area contributed by atoms with E-state index in [0.717, 1.165) is 11.1 Å². The van der Waals surface area contributed by atoms with Crippen LogP contribution in [0.25, 0.3) is 0 Å². The molecule has 0 radical (unpaired) electrons. The molecule has 1 atom stereocenters. The minimum atomic E-state index is -0.291. The first-order chi connectivity index (χ1) is 9.22. The average molecular weight is 255 g/mol. The second-order valence-electron chi connectivity index (χ2n) is 4.42. The van der Waals surface area contributed by atoms with Gasteiger partial charge in [0.05, 0.1) is 5.92 Å². The largest absolute Gasteiger partial charge is 0.398 e. The number of benzene rings is 1. The highest BCUT2D eigenvalue weighted by molar-refractivity contribution is 5.88. The zero-order chi connectivity index (χ0) is 13.7. The van der Waals surface area contributed by atoms with Crippen molar-refractivity contribution < 1.29 is 4.79 Å². The van der Waals surface area contributed by atoms with Gasteiger partial charge in [0.15, 0.2) is 0 Å². The molecule has 1 aromatic heterocycles. The maximum absolute atomic E-state index is 12.3. The number of hydrogen-bond donors (Lipinski definition) is 2. The van der Waals surface area contributed by atoms with Crippen molar-refractivity contribution in [2.24, 2.45) is 5.73 Å². The Morgan fingerprint density at radius 3 is 2.58 bits per heavy atom. The highest BCUT2D eigenvalue weighted by Gasteiger charge is 2.19. The van der Waals surface area contributed by atoms with Gasteiger partial charge in [-0.2, -0.15) is 0 Å². The molecule has 2 rings (SSSR count). The quantitative estimate of drug-likeness (QED) is 0.848. The van der Waals surface area contributed by atoms with Gasteiger partial charge in [0.2, 0.25) is 0 Å². The lowest BCUT2D eigenvalue weighted by molar-refractivity contribution is -0.119. The molecule has 0 bridgehead atoms. The molecule has 0 saturated carbocycles. The molecule has 4 heteroatoms. The molecule has 0 aliphatic rings. The molecule has 19 heavy (non-hydrogen) atoms. The van der Waals surface area contributed by atoms with Gasteiger partial charge in [0.25, 0.3) is 0 Å². The number of nitrogens with zero attached hydrogens (tertiary/aromatic N) is 1. The minimum absolute atomic E-state index is 0.0633. The lowest BCUT2D eigenvalue weighted by Gasteiger charge is -2.14. The molecule has 4 N–H and O–H groups in total. The summed E-state index contributed by atoms with van der Waals surface area (Å²) in [5.74, 6) is -0.228. The van der Waals surface area contributed by atoms with Gasteiger partial charge in [0.1, 0.15) is 5.78 Å². The van der Waals surface area contributed by atoms with Gasteiger partial charge in [-0.25, -0.2) is 0 Å². The molecular weight excluding hydrogens is 238 g/mol. The third kappa shape index (κ3) is 3.17. The maximum atomic E-state index is 12.3. The Morgan fingerprint density at radius 2 is 1.95 bits per heavy atom. The van der Waals surface area contributed by atoms with Crippen LogP contribution in [-0.2, 0) is 11.2 Å². The first-order valence-corrected chi connectivity index (χ1v) is 6.18. The lowest BCUT2D eigenvalue weighted by Crippen LogP contribution is -2.23. The van der Waals surface area contributed by atoms with Gasteiger partial charge in [-0.1, -0.05) is 30.3 Å². The number of carbonyl (C=O) groups is 1. The predicted molar refractivity (Wildman–Crippen MR) is 75.6 cm³/mol. The van der Waals surface area contributed by atoms with E-state index in [4.69, 9.17) is 11.5 Å². The van der Waals surface area contributed by atoms with Crippen molar-refractivity contribution in [3.05, 3.63) is 59.9 Å². The van der Waals surface area contributed by atoms with Crippen molar-refractivity contribution in [2.45, 2.75) is 12.3 Å². The second kappa shape index (κ2) is 6.11. The first-order valence-electron chi connectivity index (χ1n) is 6.18. The molecule has 1 heterocycles. The van der Waals surface area contributed by atoms with Gasteiger partial charge in [-0.05, 0) is 11.6 Å². The van der Waals surface area contributed by atoms with Gasteiger partial charge in [-0.3, -0.25) is 9.78 Å². The Labute approximate surface area is 112 Å². The number of aromatic nitrogens is 1. The smallest absolute Gasteiger partial charge is 0.146 e. The van der Waals surface area contributed by atoms with Crippen molar-refractivity contribution in [3.8, 4) is 0 Å². The maximum Gasteiger partial charge on any atom is 0.146 e. The van der Waals surface area contributed by atoms with Crippen LogP contribution in [0.4, 0.5) is 5.69 Å². The van der Waals surface area contributed by atoms with Gasteiger partial charge < -0.3 is 11.5 Å². The fraction of sp³-hybridized carbons (Fsp3) is 0.200. The third-order valence-electron chi connectivity index (χ3n) is 3.13. The predicted octanol–water partition coefficient (Wildman–Crippen LogP) is 1.52. The Bertz CT molecular complexity index is 554. The zero-order valence-electron chi connectivity index (χ0n) is 10.6. The lowest BCUT2D eigenvalue weighted by atomic mass is 9.91. The minimum Gasteiger partial charge on any atom is -0.398 e. The number of rotatable bonds is 5. The van der Waals surface area contributed by atoms with E-state index in [2.05, 4.69) is 4.98 Å². The monoisotopic (exact) mass is 255 g/mol. The third-order valence-corrected chi connectivity index (χ3v) is 3.13. The van der Waals surface area contributed by atoms with Crippen LogP contribution in [0.2, 0.25) is 0 Å². The van der Waals surface area contributed by atoms with Crippen LogP contribution < -0.4 is 11.5 Å². The number of Topliss-reactive ketones (excluding diaryl/α,β-unsaturated/α-hetero) is 1. The van der Waals surface area contributed by atoms with E-state index >= 15 is 0 Å². The summed E-state index contributed by atoms with van der Waals surface area (Å²) in [5.41, 5.74) is 13.8. The molecule has 2 aromatic rings. The molecule has 1 aromatic carbocycles. The molecule has 0 saturated heterocycles. The van der Waals surface area contributed by atoms with Crippen molar-refractivity contribution in [2.75, 3.05) is 12.3 Å². The number of anilines is 1. The summed E-state index contributed by atoms with van der Waals surface area (Å²) in [6.45, 7) is 0.295. The van der Waals surface area contributed by atoms with Crippen LogP contribution in [0.3, 0.4) is 0 Å². The van der Waals surface area contributed by atoms with E-state index in [0.29, 0.717) is 12.2 Å². The number of carbonyl (C=O) groups excluding carboxylic acids is 1. The summed E-state index contributed by atoms with van der Waals surface area (Å²) >= 11 is 0. The number of ketones is 1. The van der Waals surface area contributed by atoms with Gasteiger partial charge in [-0.15, -0.1) is 0 Å². The zero-order valence-corrected chi connectivity index (χ0v) is 10.6. The fourth-order valence-corrected chi connectivity index (χ4v) is 2.04. The Hall–Kier alpha value is -2.20. The summed E-state index contributed by atoms with van der Waals surface area (Å²) in [7, 11) is 0. The standard InChI is InChI=1S/C15H17N3O/c16-9-13(11-4-2-1-3-5-11)15(19)8-12-10-18-7-6-14(12)17/h1-7,10,13H,8-9,16H2,(H2,17,18). The molecule has 0 aliphatic carbocycles. The number of nitrogens with two attached hydrogens (primary N) is 2. The Morgan fingerprint density at radius 1 is 1.21 bits per heavy atom. The molecule has 0 amide bonds. The Balaban J connectivity index is 2.17. The highest BCUT2D eigenvalue weighted by atomic mass is 16.1. The highest BCUT2D eigenvalue weighted by Crippen LogP contribution is 2.19. The average Bonchev–Trinajstić information content (AvgIpc) is 2.43. The van der Waals surface area contributed by atoms with Crippen molar-refractivity contribution in [1.29, 1.82) is 0 Å². The fourth-order valence-electron chi connectivity index (χ4n) is 2.04. The molecule has 0 aliphatic heterocycles. The number of pyridine rings is 1. The van der Waals surface area contributed by atoms with Crippen LogP contribution >= 0.6 is 0 Å². The Kier molecular flexibility index (Phi) is 4.26. The molecule has 0 spiro atoms. The summed E-state index contributed by atoms with van der Waals surface area (Å²) in [4.78, 5) is 16.3. The van der Waals surface area contributed by atoms with Crippen LogP contribution in [-0.4, -0.2) is 17.3 Å². The SMILES string of the molecule is NCC(C(=O)Cc1cnccc1N)c1ccccc1. The molecule has 0 fully saturated rings. The summed E-state index contributed by atoms with van der Waals surface area (Å²) in [6.07, 6.45) is 3.50. The van der Waals surface area contributed by atoms with Gasteiger partial charge in [0, 0.05) is 36.6 Å². The topological polar surface area (TPSA) is 82.0 Å². The van der Waals surface area contributed by atoms with E-state index in [1.165, 1.54) is 0 Å². The van der Waals surface area contributed by atoms with Crippen molar-refractivity contribution >= 4 is 11.5 Å². The number of hydrogen-bond acceptors (Lipinski definition) is 4. The summed E-state index contributed by atoms with van der Waals surface area (Å²) in [6, 6.07) is 11.3. The van der Waals surface area contributed by atoms with Crippen LogP contribution in [0.5, 0.6) is 0 Å². The van der Waals surface area contributed by atoms with E-state index in [9.17, 15) is 4.79 Å². The van der Waals surface area contributed by atoms with E-state index < -0.39 is 0 Å². The normalized spacial score (nSPS) is 12.1. The van der Waals surface area contributed by atoms with Crippen molar-refractivity contribution in [3.63, 3.8) is 0 Å². The summed E-state index contributed by atoms with van der Waals surface area (Å²) < 4.78 is 0. The van der Waals surface area contributed by atoms with E-state index in [1.54, 1.807) is 18.5 Å². The molecular formula is C15H17N3O. The number of nitrogen functional groups attached to an aromatic ring is 1.